The van der Waals surface area contributed by atoms with E-state index in [1.54, 1.807) is 31.6 Å². The summed E-state index contributed by atoms with van der Waals surface area (Å²) in [7, 11) is 1.59. The maximum atomic E-state index is 13.7. The Morgan fingerprint density at radius 1 is 1.20 bits per heavy atom. The Balaban J connectivity index is 1.62. The maximum absolute atomic E-state index is 13.7. The number of hydrogen-bond acceptors (Lipinski definition) is 8. The first kappa shape index (κ1) is 23.2. The number of fused-ring (bicyclic) bond motifs is 1. The molecule has 1 fully saturated rings. The molecule has 0 amide bonds. The number of allylic oxidation sites excluding steroid dienone is 1. The van der Waals surface area contributed by atoms with Gasteiger partial charge in [0.1, 0.15) is 11.5 Å². The number of aromatic nitrogens is 1. The van der Waals surface area contributed by atoms with Crippen molar-refractivity contribution < 1.29 is 18.7 Å². The standard InChI is InChI=1S/C26H27N3O5S/c1-4-33-25(31)22-16(2)27-26-29(23(22)17-7-9-18(32-3)10-8-17)24(30)20(35-26)15-19-11-12-21(34-19)28-13-5-6-14-28/h7-12,15,23H,4-6,13-14H2,1-3H3/t23-/m1/s1. The molecule has 8 nitrogen and oxygen atoms in total. The molecule has 0 spiro atoms. The summed E-state index contributed by atoms with van der Waals surface area (Å²) in [5.74, 6) is 1.63. The Morgan fingerprint density at radius 2 is 1.94 bits per heavy atom. The van der Waals surface area contributed by atoms with Crippen molar-refractivity contribution in [1.29, 1.82) is 0 Å². The second-order valence-electron chi connectivity index (χ2n) is 8.45. The van der Waals surface area contributed by atoms with Gasteiger partial charge in [0, 0.05) is 25.2 Å². The Kier molecular flexibility index (Phi) is 6.34. The Labute approximate surface area is 206 Å². The molecule has 1 saturated heterocycles. The van der Waals surface area contributed by atoms with Gasteiger partial charge in [-0.15, -0.1) is 0 Å². The number of furan rings is 1. The molecule has 3 aromatic rings. The van der Waals surface area contributed by atoms with Gasteiger partial charge in [-0.25, -0.2) is 9.79 Å². The minimum atomic E-state index is -0.657. The van der Waals surface area contributed by atoms with E-state index >= 15 is 0 Å². The third kappa shape index (κ3) is 4.32. The lowest BCUT2D eigenvalue weighted by atomic mass is 9.96. The highest BCUT2D eigenvalue weighted by Crippen LogP contribution is 2.31. The van der Waals surface area contributed by atoms with Gasteiger partial charge in [0.15, 0.2) is 10.7 Å². The number of carbonyl (C=O) groups is 1. The number of methoxy groups -OCH3 is 1. The fourth-order valence-corrected chi connectivity index (χ4v) is 5.58. The number of carbonyl (C=O) groups excluding carboxylic acids is 1. The lowest BCUT2D eigenvalue weighted by Gasteiger charge is -2.24. The molecule has 0 radical (unpaired) electrons. The van der Waals surface area contributed by atoms with E-state index in [4.69, 9.17) is 13.9 Å². The van der Waals surface area contributed by atoms with Crippen LogP contribution in [0.4, 0.5) is 5.88 Å². The summed E-state index contributed by atoms with van der Waals surface area (Å²) < 4.78 is 18.7. The van der Waals surface area contributed by atoms with E-state index in [1.807, 2.05) is 36.4 Å². The van der Waals surface area contributed by atoms with Crippen LogP contribution in [0.15, 0.2) is 61.9 Å². The molecule has 0 N–H and O–H groups in total. The smallest absolute Gasteiger partial charge is 0.338 e. The van der Waals surface area contributed by atoms with E-state index in [2.05, 4.69) is 9.89 Å². The van der Waals surface area contributed by atoms with Crippen molar-refractivity contribution in [1.82, 2.24) is 4.57 Å². The largest absolute Gasteiger partial charge is 0.497 e. The minimum Gasteiger partial charge on any atom is -0.497 e. The monoisotopic (exact) mass is 493 g/mol. The highest BCUT2D eigenvalue weighted by Gasteiger charge is 2.33. The molecule has 4 heterocycles. The summed E-state index contributed by atoms with van der Waals surface area (Å²) in [4.78, 5) is 34.0. The van der Waals surface area contributed by atoms with E-state index in [1.165, 1.54) is 11.3 Å². The van der Waals surface area contributed by atoms with Crippen molar-refractivity contribution in [2.24, 2.45) is 4.99 Å². The van der Waals surface area contributed by atoms with Crippen molar-refractivity contribution in [2.75, 3.05) is 31.7 Å². The molecule has 0 unspecified atom stereocenters. The predicted octanol–water partition coefficient (Wildman–Crippen LogP) is 3.00. The topological polar surface area (TPSA) is 86.3 Å². The van der Waals surface area contributed by atoms with Gasteiger partial charge in [-0.3, -0.25) is 9.36 Å². The van der Waals surface area contributed by atoms with E-state index in [9.17, 15) is 9.59 Å². The van der Waals surface area contributed by atoms with Crippen LogP contribution in [0.3, 0.4) is 0 Å². The second kappa shape index (κ2) is 9.58. The van der Waals surface area contributed by atoms with Gasteiger partial charge < -0.3 is 18.8 Å². The molecule has 0 aliphatic carbocycles. The molecule has 2 aromatic heterocycles. The van der Waals surface area contributed by atoms with Crippen LogP contribution in [0, 0.1) is 0 Å². The van der Waals surface area contributed by atoms with Gasteiger partial charge in [0.2, 0.25) is 0 Å². The van der Waals surface area contributed by atoms with Crippen LogP contribution in [0.1, 0.15) is 44.1 Å². The molecular weight excluding hydrogens is 466 g/mol. The molecule has 35 heavy (non-hydrogen) atoms. The number of esters is 1. The molecular formula is C26H27N3O5S. The van der Waals surface area contributed by atoms with Gasteiger partial charge in [-0.2, -0.15) is 0 Å². The number of thiazole rings is 1. The average Bonchev–Trinajstić information content (AvgIpc) is 3.60. The van der Waals surface area contributed by atoms with E-state index in [0.717, 1.165) is 37.4 Å². The highest BCUT2D eigenvalue weighted by molar-refractivity contribution is 7.07. The van der Waals surface area contributed by atoms with Crippen LogP contribution in [0.25, 0.3) is 6.08 Å². The predicted molar refractivity (Wildman–Crippen MR) is 134 cm³/mol. The lowest BCUT2D eigenvalue weighted by Crippen LogP contribution is -2.39. The van der Waals surface area contributed by atoms with E-state index in [-0.39, 0.29) is 12.2 Å². The van der Waals surface area contributed by atoms with Crippen LogP contribution in [0.5, 0.6) is 5.75 Å². The Hall–Kier alpha value is -3.59. The fourth-order valence-electron chi connectivity index (χ4n) is 4.55. The molecule has 9 heteroatoms. The Bertz CT molecular complexity index is 1460. The van der Waals surface area contributed by atoms with Crippen molar-refractivity contribution in [2.45, 2.75) is 32.7 Å². The van der Waals surface area contributed by atoms with Crippen LogP contribution >= 0.6 is 11.3 Å². The van der Waals surface area contributed by atoms with Gasteiger partial charge >= 0.3 is 5.97 Å². The summed E-state index contributed by atoms with van der Waals surface area (Å²) in [5, 5.41) is 0. The summed E-state index contributed by atoms with van der Waals surface area (Å²) in [6, 6.07) is 10.5. The molecule has 2 aliphatic heterocycles. The minimum absolute atomic E-state index is 0.229. The van der Waals surface area contributed by atoms with E-state index in [0.29, 0.717) is 32.1 Å². The van der Waals surface area contributed by atoms with Crippen LogP contribution in [-0.4, -0.2) is 37.3 Å². The fraction of sp³-hybridized carbons (Fsp3) is 0.346. The van der Waals surface area contributed by atoms with E-state index < -0.39 is 12.0 Å². The summed E-state index contributed by atoms with van der Waals surface area (Å²) >= 11 is 1.28. The number of hydrogen-bond donors (Lipinski definition) is 0. The molecule has 0 bridgehead atoms. The average molecular weight is 494 g/mol. The maximum Gasteiger partial charge on any atom is 0.338 e. The number of benzene rings is 1. The highest BCUT2D eigenvalue weighted by atomic mass is 32.1. The zero-order valence-electron chi connectivity index (χ0n) is 19.9. The normalized spacial score (nSPS) is 18.0. The van der Waals surface area contributed by atoms with Crippen molar-refractivity contribution >= 4 is 29.3 Å². The molecule has 182 valence electrons. The van der Waals surface area contributed by atoms with Crippen molar-refractivity contribution in [3.05, 3.63) is 78.7 Å². The molecule has 1 atom stereocenters. The Morgan fingerprint density at radius 3 is 2.63 bits per heavy atom. The van der Waals surface area contributed by atoms with Crippen LogP contribution in [-0.2, 0) is 9.53 Å². The zero-order valence-corrected chi connectivity index (χ0v) is 20.8. The third-order valence-corrected chi connectivity index (χ3v) is 7.24. The summed E-state index contributed by atoms with van der Waals surface area (Å²) in [5.41, 5.74) is 1.42. The number of nitrogens with zero attached hydrogens (tertiary/aromatic N) is 3. The van der Waals surface area contributed by atoms with Crippen molar-refractivity contribution in [3.63, 3.8) is 0 Å². The summed E-state index contributed by atoms with van der Waals surface area (Å²) in [6.45, 7) is 5.72. The van der Waals surface area contributed by atoms with Crippen molar-refractivity contribution in [3.8, 4) is 5.75 Å². The van der Waals surface area contributed by atoms with Gasteiger partial charge in [0.25, 0.3) is 5.56 Å². The number of ether oxygens (including phenoxy) is 2. The summed E-state index contributed by atoms with van der Waals surface area (Å²) in [6.07, 6.45) is 4.06. The first-order valence-corrected chi connectivity index (χ1v) is 12.5. The van der Waals surface area contributed by atoms with Gasteiger partial charge in [0.05, 0.1) is 35.6 Å². The second-order valence-corrected chi connectivity index (χ2v) is 9.45. The van der Waals surface area contributed by atoms with Crippen LogP contribution in [0.2, 0.25) is 0 Å². The zero-order chi connectivity index (χ0) is 24.5. The molecule has 1 aromatic carbocycles. The molecule has 2 aliphatic rings. The lowest BCUT2D eigenvalue weighted by molar-refractivity contribution is -0.139. The first-order chi connectivity index (χ1) is 17.0. The van der Waals surface area contributed by atoms with Gasteiger partial charge in [-0.05, 0) is 50.5 Å². The number of anilines is 1. The quantitative estimate of drug-likeness (QED) is 0.491. The first-order valence-electron chi connectivity index (χ1n) is 11.7. The SMILES string of the molecule is CCOC(=O)C1=C(C)N=c2sc(=Cc3ccc(N4CCCC4)o3)c(=O)n2[C@@H]1c1ccc(OC)cc1. The molecule has 0 saturated carbocycles. The van der Waals surface area contributed by atoms with Gasteiger partial charge in [-0.1, -0.05) is 23.5 Å². The van der Waals surface area contributed by atoms with Crippen LogP contribution < -0.4 is 24.5 Å². The third-order valence-electron chi connectivity index (χ3n) is 6.25. The molecule has 5 rings (SSSR count). The number of rotatable bonds is 6.